The van der Waals surface area contributed by atoms with E-state index in [4.69, 9.17) is 4.74 Å². The third-order valence-corrected chi connectivity index (χ3v) is 9.58. The highest BCUT2D eigenvalue weighted by molar-refractivity contribution is 7.92. The van der Waals surface area contributed by atoms with Crippen LogP contribution < -0.4 is 13.8 Å². The molecule has 206 valence electrons. The molecule has 1 N–H and O–H groups in total. The molecular weight excluding hydrogens is 543 g/mol. The van der Waals surface area contributed by atoms with Crippen molar-refractivity contribution in [2.75, 3.05) is 24.7 Å². The zero-order valence-corrected chi connectivity index (χ0v) is 24.7. The lowest BCUT2D eigenvalue weighted by molar-refractivity contribution is 0.404. The Morgan fingerprint density at radius 1 is 1.03 bits per heavy atom. The predicted molar refractivity (Wildman–Crippen MR) is 156 cm³/mol. The van der Waals surface area contributed by atoms with Gasteiger partial charge in [-0.1, -0.05) is 50.3 Å². The Balaban J connectivity index is 0.00000195. The summed E-state index contributed by atoms with van der Waals surface area (Å²) in [5, 5.41) is 0.479. The molecule has 2 aromatic carbocycles. The topological polar surface area (TPSA) is 96.0 Å². The van der Waals surface area contributed by atoms with E-state index < -0.39 is 32.0 Å². The number of nitrogens with one attached hydrogen (secondary N) is 1. The summed E-state index contributed by atoms with van der Waals surface area (Å²) in [6.45, 7) is 4.17. The molecule has 0 saturated heterocycles. The first kappa shape index (κ1) is 29.8. The minimum Gasteiger partial charge on any atom is -0.497 e. The Bertz CT molecular complexity index is 1340. The summed E-state index contributed by atoms with van der Waals surface area (Å²) < 4.78 is 61.4. The molecule has 2 bridgehead atoms. The van der Waals surface area contributed by atoms with Crippen molar-refractivity contribution in [3.8, 4) is 5.75 Å². The molecule has 1 aliphatic heterocycles. The highest BCUT2D eigenvalue weighted by Gasteiger charge is 2.36. The van der Waals surface area contributed by atoms with Gasteiger partial charge in [0.1, 0.15) is 10.8 Å². The molecule has 1 heterocycles. The largest absolute Gasteiger partial charge is 0.497 e. The summed E-state index contributed by atoms with van der Waals surface area (Å²) in [6, 6.07) is 14.0. The summed E-state index contributed by atoms with van der Waals surface area (Å²) in [5.74, 6) is 0.744. The van der Waals surface area contributed by atoms with Gasteiger partial charge in [0.25, 0.3) is 0 Å². The number of allylic oxidation sites excluding steroid dienone is 4. The zero-order chi connectivity index (χ0) is 27.9. The van der Waals surface area contributed by atoms with E-state index in [1.807, 2.05) is 38.2 Å². The van der Waals surface area contributed by atoms with Crippen LogP contribution in [-0.4, -0.2) is 47.6 Å². The van der Waals surface area contributed by atoms with E-state index in [1.54, 1.807) is 71.3 Å². The second-order valence-electron chi connectivity index (χ2n) is 8.50. The number of hydrogen-bond acceptors (Lipinski definition) is 5. The molecule has 4 unspecified atom stereocenters. The van der Waals surface area contributed by atoms with E-state index in [0.717, 1.165) is 18.2 Å². The van der Waals surface area contributed by atoms with Gasteiger partial charge in [-0.05, 0) is 54.5 Å². The molecule has 0 radical (unpaired) electrons. The lowest BCUT2D eigenvalue weighted by Gasteiger charge is -2.37. The molecule has 0 aromatic heterocycles. The Morgan fingerprint density at radius 2 is 1.66 bits per heavy atom. The van der Waals surface area contributed by atoms with Gasteiger partial charge in [0.05, 0.1) is 24.3 Å². The van der Waals surface area contributed by atoms with Gasteiger partial charge in [0, 0.05) is 25.2 Å². The Hall–Kier alpha value is -2.73. The molecule has 2 aliphatic rings. The normalized spacial score (nSPS) is 19.9. The number of fused-ring (bicyclic) bond motifs is 2. The van der Waals surface area contributed by atoms with E-state index in [2.05, 4.69) is 10.8 Å². The third-order valence-electron chi connectivity index (χ3n) is 5.90. The van der Waals surface area contributed by atoms with E-state index in [1.165, 1.54) is 0 Å². The van der Waals surface area contributed by atoms with Crippen LogP contribution >= 0.6 is 0 Å². The van der Waals surface area contributed by atoms with Crippen molar-refractivity contribution >= 4 is 37.7 Å². The number of sulfonamides is 1. The predicted octanol–water partition coefficient (Wildman–Crippen LogP) is 4.25. The third kappa shape index (κ3) is 7.43. The highest BCUT2D eigenvalue weighted by Crippen LogP contribution is 2.35. The minimum absolute atomic E-state index is 0.0749. The molecular formula is C27H35N3O5S3. The number of hydrogen-bond donors (Lipinski definition) is 1. The highest BCUT2D eigenvalue weighted by atomic mass is 32.2. The number of rotatable bonds is 9. The van der Waals surface area contributed by atoms with Gasteiger partial charge in [-0.3, -0.25) is 8.61 Å². The number of ether oxygens (including phenoxy) is 1. The summed E-state index contributed by atoms with van der Waals surface area (Å²) in [6.07, 6.45) is 11.7. The van der Waals surface area contributed by atoms with Crippen molar-refractivity contribution in [1.29, 1.82) is 0 Å². The summed E-state index contributed by atoms with van der Waals surface area (Å²) >= 11 is 0. The first-order valence-electron chi connectivity index (χ1n) is 12.3. The smallest absolute Gasteiger partial charge is 0.209 e. The number of benzene rings is 2. The Kier molecular flexibility index (Phi) is 10.5. The van der Waals surface area contributed by atoms with E-state index in [9.17, 15) is 16.8 Å². The van der Waals surface area contributed by atoms with Crippen LogP contribution in [0.15, 0.2) is 88.8 Å². The first-order chi connectivity index (χ1) is 18.2. The van der Waals surface area contributed by atoms with Gasteiger partial charge in [-0.25, -0.2) is 21.6 Å². The van der Waals surface area contributed by atoms with E-state index >= 15 is 0 Å². The van der Waals surface area contributed by atoms with E-state index in [-0.39, 0.29) is 18.5 Å². The average Bonchev–Trinajstić information content (AvgIpc) is 3.12. The van der Waals surface area contributed by atoms with Gasteiger partial charge >= 0.3 is 0 Å². The second kappa shape index (κ2) is 13.4. The van der Waals surface area contributed by atoms with Crippen LogP contribution in [0.25, 0.3) is 0 Å². The van der Waals surface area contributed by atoms with Crippen LogP contribution in [0.1, 0.15) is 25.8 Å². The van der Waals surface area contributed by atoms with Crippen LogP contribution in [0.3, 0.4) is 0 Å². The molecule has 38 heavy (non-hydrogen) atoms. The fraction of sp³-hybridized carbons (Fsp3) is 0.333. The van der Waals surface area contributed by atoms with Gasteiger partial charge in [-0.15, -0.1) is 0 Å². The fourth-order valence-corrected chi connectivity index (χ4v) is 7.19. The molecule has 4 rings (SSSR count). The quantitative estimate of drug-likeness (QED) is 0.481. The molecule has 2 aromatic rings. The lowest BCUT2D eigenvalue weighted by Crippen LogP contribution is -2.42. The van der Waals surface area contributed by atoms with Crippen molar-refractivity contribution in [3.05, 3.63) is 89.5 Å². The summed E-state index contributed by atoms with van der Waals surface area (Å²) in [4.78, 5) is 0.591. The van der Waals surface area contributed by atoms with Crippen molar-refractivity contribution in [2.24, 2.45) is 5.92 Å². The molecule has 4 atom stereocenters. The monoisotopic (exact) mass is 577 g/mol. The first-order valence-corrected chi connectivity index (χ1v) is 16.4. The van der Waals surface area contributed by atoms with Gasteiger partial charge in [-0.2, -0.15) is 0 Å². The lowest BCUT2D eigenvalue weighted by atomic mass is 9.98. The van der Waals surface area contributed by atoms with Crippen LogP contribution in [0.4, 0.5) is 5.69 Å². The summed E-state index contributed by atoms with van der Waals surface area (Å²) in [7, 11) is -3.24. The molecule has 1 aliphatic carbocycles. The maximum Gasteiger partial charge on any atom is 0.209 e. The minimum atomic E-state index is -3.30. The van der Waals surface area contributed by atoms with Gasteiger partial charge < -0.3 is 4.74 Å². The van der Waals surface area contributed by atoms with Crippen molar-refractivity contribution in [2.45, 2.75) is 37.8 Å². The molecule has 0 amide bonds. The second-order valence-corrected chi connectivity index (χ2v) is 13.2. The maximum absolute atomic E-state index is 13.9. The van der Waals surface area contributed by atoms with Crippen LogP contribution in [0.5, 0.6) is 5.75 Å². The average molecular weight is 578 g/mol. The zero-order valence-electron chi connectivity index (χ0n) is 22.2. The molecule has 8 nitrogen and oxygen atoms in total. The van der Waals surface area contributed by atoms with Crippen molar-refractivity contribution in [1.82, 2.24) is 9.03 Å². The van der Waals surface area contributed by atoms with Gasteiger partial charge in [0.15, 0.2) is 22.0 Å². The van der Waals surface area contributed by atoms with Gasteiger partial charge in [0.2, 0.25) is 10.0 Å². The molecule has 0 spiro atoms. The van der Waals surface area contributed by atoms with Crippen molar-refractivity contribution < 1.29 is 21.6 Å². The van der Waals surface area contributed by atoms with Crippen molar-refractivity contribution in [3.63, 3.8) is 0 Å². The maximum atomic E-state index is 13.9. The summed E-state index contributed by atoms with van der Waals surface area (Å²) in [5.41, 5.74) is 1.47. The SMILES string of the molecule is CC.COc1ccc(S(=O)N2C(S(=O)N(C)c3ccc(CNS(C)(=O)=O)cc3)=CC3C=CC=CC2C3)cc1. The van der Waals surface area contributed by atoms with Crippen LogP contribution in [0, 0.1) is 5.92 Å². The van der Waals surface area contributed by atoms with E-state index in [0.29, 0.717) is 21.4 Å². The molecule has 11 heteroatoms. The van der Waals surface area contributed by atoms with Crippen LogP contribution in [0.2, 0.25) is 0 Å². The number of nitrogens with zero attached hydrogens (tertiary/aromatic N) is 2. The number of anilines is 1. The Morgan fingerprint density at radius 3 is 2.26 bits per heavy atom. The number of methoxy groups -OCH3 is 1. The molecule has 0 saturated carbocycles. The standard InChI is InChI=1S/C25H29N3O5S3.C2H6/c1-27(21-10-8-19(9-11-21)18-26-36(3,31)32)35(30)25-17-20-6-4-5-7-22(16-20)28(25)34(29)24-14-12-23(33-2)13-15-24;1-2/h4-15,17,20,22,26H,16,18H2,1-3H3;1-2H3. The Labute approximate surface area is 231 Å². The molecule has 0 fully saturated rings. The fourth-order valence-electron chi connectivity index (χ4n) is 3.97. The van der Waals surface area contributed by atoms with Crippen LogP contribution in [-0.2, 0) is 38.5 Å².